The number of halogens is 1. The molecule has 0 saturated heterocycles. The number of carbonyl (C=O) groups excluding carboxylic acids is 1. The number of hydrogen-bond donors (Lipinski definition) is 1. The van der Waals surface area contributed by atoms with Gasteiger partial charge in [0, 0.05) is 17.3 Å². The molecule has 1 amide bonds. The molecule has 4 nitrogen and oxygen atoms in total. The van der Waals surface area contributed by atoms with Crippen molar-refractivity contribution in [2.24, 2.45) is 0 Å². The molecule has 1 aliphatic rings. The molecule has 1 N–H and O–H groups in total. The molecule has 1 aromatic carbocycles. The van der Waals surface area contributed by atoms with Crippen LogP contribution in [0.3, 0.4) is 0 Å². The van der Waals surface area contributed by atoms with Crippen LogP contribution in [0, 0.1) is 0 Å². The number of aliphatic hydroxyl groups is 1. The zero-order valence-electron chi connectivity index (χ0n) is 14.7. The Balaban J connectivity index is 0.000000423. The fourth-order valence-electron chi connectivity index (χ4n) is 2.04. The first-order chi connectivity index (χ1) is 11.6. The number of unbranched alkanes of at least 4 members (excludes halogenated alkanes) is 1. The van der Waals surface area contributed by atoms with Crippen LogP contribution in [0.15, 0.2) is 42.6 Å². The Morgan fingerprint density at radius 2 is 1.75 bits per heavy atom. The van der Waals surface area contributed by atoms with Gasteiger partial charge in [-0.2, -0.15) is 0 Å². The summed E-state index contributed by atoms with van der Waals surface area (Å²) in [5.41, 5.74) is 1.10. The number of pyridine rings is 1. The van der Waals surface area contributed by atoms with Crippen molar-refractivity contribution in [3.63, 3.8) is 0 Å². The molecule has 0 fully saturated rings. The third-order valence-corrected chi connectivity index (χ3v) is 3.61. The first kappa shape index (κ1) is 20.1. The summed E-state index contributed by atoms with van der Waals surface area (Å²) in [5, 5.41) is 10.7. The number of carbonyl (C=O) groups is 1. The van der Waals surface area contributed by atoms with Crippen LogP contribution in [0.4, 0.5) is 5.82 Å². The van der Waals surface area contributed by atoms with Crippen molar-refractivity contribution < 1.29 is 9.90 Å². The van der Waals surface area contributed by atoms with E-state index in [-0.39, 0.29) is 5.91 Å². The summed E-state index contributed by atoms with van der Waals surface area (Å²) in [6, 6.07) is 10.2. The van der Waals surface area contributed by atoms with Crippen LogP contribution >= 0.6 is 11.6 Å². The topological polar surface area (TPSA) is 53.4 Å². The van der Waals surface area contributed by atoms with Crippen LogP contribution in [-0.2, 0) is 0 Å². The van der Waals surface area contributed by atoms with Gasteiger partial charge < -0.3 is 5.11 Å². The Bertz CT molecular complexity index is 642. The number of rotatable bonds is 2. The molecule has 0 spiro atoms. The van der Waals surface area contributed by atoms with Crippen LogP contribution in [0.2, 0.25) is 5.02 Å². The van der Waals surface area contributed by atoms with Crippen molar-refractivity contribution in [3.8, 4) is 0 Å². The molecule has 0 bridgehead atoms. The lowest BCUT2D eigenvalue weighted by Crippen LogP contribution is -2.28. The molecule has 1 unspecified atom stereocenters. The molecule has 0 aliphatic carbocycles. The summed E-state index contributed by atoms with van der Waals surface area (Å²) in [5.74, 6) is 0.126. The van der Waals surface area contributed by atoms with Gasteiger partial charge in [0.15, 0.2) is 6.23 Å². The summed E-state index contributed by atoms with van der Waals surface area (Å²) >= 11 is 5.75. The number of anilines is 1. The van der Waals surface area contributed by atoms with E-state index in [2.05, 4.69) is 18.8 Å². The first-order valence-electron chi connectivity index (χ1n) is 8.32. The third kappa shape index (κ3) is 4.56. The lowest BCUT2D eigenvalue weighted by atomic mass is 10.1. The van der Waals surface area contributed by atoms with Crippen molar-refractivity contribution in [3.05, 3.63) is 58.7 Å². The predicted molar refractivity (Wildman–Crippen MR) is 99.4 cm³/mol. The van der Waals surface area contributed by atoms with Gasteiger partial charge in [-0.3, -0.25) is 9.69 Å². The highest BCUT2D eigenvalue weighted by atomic mass is 35.5. The fourth-order valence-corrected chi connectivity index (χ4v) is 2.15. The molecule has 3 rings (SSSR count). The van der Waals surface area contributed by atoms with E-state index in [4.69, 9.17) is 11.6 Å². The van der Waals surface area contributed by atoms with Crippen LogP contribution in [0.1, 0.15) is 62.7 Å². The average Bonchev–Trinajstić information content (AvgIpc) is 2.89. The van der Waals surface area contributed by atoms with Gasteiger partial charge in [-0.25, -0.2) is 4.98 Å². The van der Waals surface area contributed by atoms with E-state index in [0.29, 0.717) is 22.0 Å². The van der Waals surface area contributed by atoms with Gasteiger partial charge in [0.2, 0.25) is 0 Å². The Morgan fingerprint density at radius 3 is 2.25 bits per heavy atom. The van der Waals surface area contributed by atoms with Crippen molar-refractivity contribution in [2.45, 2.75) is 46.8 Å². The van der Waals surface area contributed by atoms with Crippen molar-refractivity contribution in [1.29, 1.82) is 0 Å². The summed E-state index contributed by atoms with van der Waals surface area (Å²) < 4.78 is 0. The molecule has 24 heavy (non-hydrogen) atoms. The minimum atomic E-state index is -0.998. The van der Waals surface area contributed by atoms with Gasteiger partial charge in [0.1, 0.15) is 5.82 Å². The zero-order valence-corrected chi connectivity index (χ0v) is 15.4. The fraction of sp³-hybridized carbons (Fsp3) is 0.368. The van der Waals surface area contributed by atoms with Crippen LogP contribution in [0.5, 0.6) is 0 Å². The van der Waals surface area contributed by atoms with Gasteiger partial charge in [-0.1, -0.05) is 70.3 Å². The third-order valence-electron chi connectivity index (χ3n) is 3.39. The van der Waals surface area contributed by atoms with Crippen molar-refractivity contribution >= 4 is 23.3 Å². The van der Waals surface area contributed by atoms with E-state index >= 15 is 0 Å². The normalized spacial score (nSPS) is 15.0. The summed E-state index contributed by atoms with van der Waals surface area (Å²) in [6.45, 7) is 8.36. The summed E-state index contributed by atoms with van der Waals surface area (Å²) in [6.07, 6.45) is 3.09. The van der Waals surface area contributed by atoms with Crippen LogP contribution in [0.25, 0.3) is 0 Å². The summed E-state index contributed by atoms with van der Waals surface area (Å²) in [7, 11) is 0. The van der Waals surface area contributed by atoms with Crippen LogP contribution in [-0.4, -0.2) is 16.0 Å². The SMILES string of the molecule is CC.CCCC.O=C1c2ccccc2C(O)N1c1ccc(Cl)cn1. The number of amides is 1. The predicted octanol–water partition coefficient (Wildman–Crippen LogP) is 5.22. The van der Waals surface area contributed by atoms with Gasteiger partial charge >= 0.3 is 0 Å². The van der Waals surface area contributed by atoms with E-state index in [1.54, 1.807) is 36.4 Å². The maximum Gasteiger partial charge on any atom is 0.262 e. The Labute approximate surface area is 149 Å². The molecular weight excluding hydrogens is 324 g/mol. The second-order valence-electron chi connectivity index (χ2n) is 4.97. The Hall–Kier alpha value is -1.91. The highest BCUT2D eigenvalue weighted by molar-refractivity contribution is 6.30. The van der Waals surface area contributed by atoms with Crippen molar-refractivity contribution in [2.75, 3.05) is 4.90 Å². The smallest absolute Gasteiger partial charge is 0.262 e. The number of nitrogens with zero attached hydrogens (tertiary/aromatic N) is 2. The Morgan fingerprint density at radius 1 is 1.12 bits per heavy atom. The lowest BCUT2D eigenvalue weighted by molar-refractivity contribution is 0.0933. The highest BCUT2D eigenvalue weighted by Crippen LogP contribution is 2.34. The zero-order chi connectivity index (χ0) is 18.1. The molecule has 1 atom stereocenters. The minimum absolute atomic E-state index is 0.257. The summed E-state index contributed by atoms with van der Waals surface area (Å²) in [4.78, 5) is 17.5. The second kappa shape index (κ2) is 10.1. The number of aliphatic hydroxyl groups excluding tert-OH is 1. The standard InChI is InChI=1S/C13H9ClN2O2.C4H10.C2H6/c14-8-5-6-11(15-7-8)16-12(17)9-3-1-2-4-10(9)13(16)18;1-3-4-2;1-2/h1-7,12,17H;3-4H2,1-2H3;1-2H3. The van der Waals surface area contributed by atoms with E-state index < -0.39 is 6.23 Å². The Kier molecular flexibility index (Phi) is 8.44. The van der Waals surface area contributed by atoms with E-state index in [1.165, 1.54) is 23.9 Å². The first-order valence-corrected chi connectivity index (χ1v) is 8.70. The van der Waals surface area contributed by atoms with E-state index in [1.807, 2.05) is 13.8 Å². The van der Waals surface area contributed by atoms with Gasteiger partial charge in [0.05, 0.1) is 5.02 Å². The van der Waals surface area contributed by atoms with E-state index in [0.717, 1.165) is 0 Å². The molecule has 2 aromatic rings. The largest absolute Gasteiger partial charge is 0.369 e. The maximum atomic E-state index is 12.2. The molecule has 130 valence electrons. The number of aromatic nitrogens is 1. The minimum Gasteiger partial charge on any atom is -0.369 e. The maximum absolute atomic E-state index is 12.2. The number of hydrogen-bond acceptors (Lipinski definition) is 3. The van der Waals surface area contributed by atoms with Gasteiger partial charge in [-0.05, 0) is 18.2 Å². The molecule has 1 aliphatic heterocycles. The average molecular weight is 349 g/mol. The van der Waals surface area contributed by atoms with Gasteiger partial charge in [-0.15, -0.1) is 0 Å². The number of fused-ring (bicyclic) bond motifs is 1. The quantitative estimate of drug-likeness (QED) is 0.809. The highest BCUT2D eigenvalue weighted by Gasteiger charge is 2.36. The molecule has 0 saturated carbocycles. The van der Waals surface area contributed by atoms with Crippen molar-refractivity contribution in [1.82, 2.24) is 4.98 Å². The lowest BCUT2D eigenvalue weighted by Gasteiger charge is -2.19. The molecule has 5 heteroatoms. The van der Waals surface area contributed by atoms with Crippen LogP contribution < -0.4 is 4.90 Å². The van der Waals surface area contributed by atoms with Gasteiger partial charge in [0.25, 0.3) is 5.91 Å². The molecule has 0 radical (unpaired) electrons. The second-order valence-corrected chi connectivity index (χ2v) is 5.41. The molecule has 2 heterocycles. The molecular formula is C19H25ClN2O2. The van der Waals surface area contributed by atoms with E-state index in [9.17, 15) is 9.90 Å². The monoisotopic (exact) mass is 348 g/mol. The number of benzene rings is 1. The molecule has 1 aromatic heterocycles.